The summed E-state index contributed by atoms with van der Waals surface area (Å²) in [7, 11) is 0. The number of nitrogens with zero attached hydrogens (tertiary/aromatic N) is 1. The van der Waals surface area contributed by atoms with Crippen LogP contribution < -0.4 is 5.32 Å². The fourth-order valence-electron chi connectivity index (χ4n) is 1.46. The van der Waals surface area contributed by atoms with Crippen LogP contribution in [-0.4, -0.2) is 10.9 Å². The minimum Gasteiger partial charge on any atom is -0.321 e. The van der Waals surface area contributed by atoms with Gasteiger partial charge in [0.15, 0.2) is 0 Å². The summed E-state index contributed by atoms with van der Waals surface area (Å²) < 4.78 is 37.2. The van der Waals surface area contributed by atoms with Gasteiger partial charge in [0.1, 0.15) is 5.15 Å². The Labute approximate surface area is 117 Å². The third-order valence-electron chi connectivity index (χ3n) is 2.46. The molecule has 1 aromatic heterocycles. The smallest absolute Gasteiger partial charge is 0.321 e. The van der Waals surface area contributed by atoms with Gasteiger partial charge in [0.05, 0.1) is 17.4 Å². The van der Waals surface area contributed by atoms with E-state index in [4.69, 9.17) is 11.6 Å². The van der Waals surface area contributed by atoms with E-state index in [9.17, 15) is 18.0 Å². The molecule has 0 unspecified atom stereocenters. The van der Waals surface area contributed by atoms with Crippen molar-refractivity contribution in [3.8, 4) is 0 Å². The third-order valence-corrected chi connectivity index (χ3v) is 2.68. The molecule has 0 aliphatic heterocycles. The quantitative estimate of drug-likeness (QED) is 0.852. The van der Waals surface area contributed by atoms with E-state index < -0.39 is 17.6 Å². The van der Waals surface area contributed by atoms with E-state index in [0.717, 1.165) is 24.3 Å². The minimum atomic E-state index is -4.42. The predicted molar refractivity (Wildman–Crippen MR) is 68.6 cm³/mol. The summed E-state index contributed by atoms with van der Waals surface area (Å²) in [5.41, 5.74) is -0.283. The predicted octanol–water partition coefficient (Wildman–Crippen LogP) is 4.01. The molecule has 0 radical (unpaired) electrons. The Morgan fingerprint density at radius 3 is 2.25 bits per heavy atom. The van der Waals surface area contributed by atoms with Gasteiger partial charge >= 0.3 is 6.18 Å². The number of amides is 1. The number of carbonyl (C=O) groups is 1. The Morgan fingerprint density at radius 1 is 1.10 bits per heavy atom. The van der Waals surface area contributed by atoms with Crippen molar-refractivity contribution in [2.24, 2.45) is 0 Å². The zero-order chi connectivity index (χ0) is 14.8. The van der Waals surface area contributed by atoms with Crippen LogP contribution in [0, 0.1) is 0 Å². The van der Waals surface area contributed by atoms with Crippen LogP contribution in [-0.2, 0) is 6.18 Å². The number of nitrogens with one attached hydrogen (secondary N) is 1. The molecule has 3 nitrogen and oxygen atoms in total. The van der Waals surface area contributed by atoms with Crippen LogP contribution in [0.4, 0.5) is 18.9 Å². The summed E-state index contributed by atoms with van der Waals surface area (Å²) in [5.74, 6) is -0.525. The Morgan fingerprint density at radius 2 is 1.75 bits per heavy atom. The average molecular weight is 301 g/mol. The molecular weight excluding hydrogens is 293 g/mol. The summed E-state index contributed by atoms with van der Waals surface area (Å²) in [5, 5.41) is 2.78. The molecule has 2 aromatic rings. The van der Waals surface area contributed by atoms with E-state index in [1.54, 1.807) is 0 Å². The number of benzene rings is 1. The molecular formula is C13H8ClF3N2O. The lowest BCUT2D eigenvalue weighted by atomic mass is 10.1. The van der Waals surface area contributed by atoms with E-state index in [-0.39, 0.29) is 10.7 Å². The summed E-state index contributed by atoms with van der Waals surface area (Å²) in [6.45, 7) is 0. The molecule has 20 heavy (non-hydrogen) atoms. The van der Waals surface area contributed by atoms with Crippen LogP contribution in [0.1, 0.15) is 15.9 Å². The highest BCUT2D eigenvalue weighted by Gasteiger charge is 2.30. The number of aromatic nitrogens is 1. The summed E-state index contributed by atoms with van der Waals surface area (Å²) >= 11 is 5.59. The second kappa shape index (κ2) is 5.50. The molecule has 0 atom stereocenters. The number of anilines is 1. The van der Waals surface area contributed by atoms with Gasteiger partial charge in [-0.25, -0.2) is 4.98 Å². The Balaban J connectivity index is 2.11. The largest absolute Gasteiger partial charge is 0.416 e. The lowest BCUT2D eigenvalue weighted by Crippen LogP contribution is -2.13. The highest BCUT2D eigenvalue weighted by atomic mass is 35.5. The highest BCUT2D eigenvalue weighted by Crippen LogP contribution is 2.29. The van der Waals surface area contributed by atoms with Crippen LogP contribution in [0.5, 0.6) is 0 Å². The van der Waals surface area contributed by atoms with Gasteiger partial charge in [-0.05, 0) is 36.4 Å². The molecule has 7 heteroatoms. The molecule has 0 spiro atoms. The fourth-order valence-corrected chi connectivity index (χ4v) is 1.58. The van der Waals surface area contributed by atoms with Gasteiger partial charge in [-0.15, -0.1) is 0 Å². The first-order chi connectivity index (χ1) is 9.36. The molecule has 1 aromatic carbocycles. The van der Waals surface area contributed by atoms with Crippen molar-refractivity contribution in [2.75, 3.05) is 5.32 Å². The van der Waals surface area contributed by atoms with Crippen LogP contribution >= 0.6 is 11.6 Å². The van der Waals surface area contributed by atoms with Gasteiger partial charge in [0.2, 0.25) is 0 Å². The van der Waals surface area contributed by atoms with Crippen LogP contribution in [0.25, 0.3) is 0 Å². The average Bonchev–Trinajstić information content (AvgIpc) is 2.40. The van der Waals surface area contributed by atoms with Crippen molar-refractivity contribution in [1.82, 2.24) is 4.98 Å². The van der Waals surface area contributed by atoms with Gasteiger partial charge in [-0.3, -0.25) is 4.79 Å². The summed E-state index contributed by atoms with van der Waals surface area (Å²) in [6.07, 6.45) is -3.07. The number of pyridine rings is 1. The molecule has 0 saturated carbocycles. The van der Waals surface area contributed by atoms with Crippen molar-refractivity contribution in [1.29, 1.82) is 0 Å². The molecule has 0 bridgehead atoms. The van der Waals surface area contributed by atoms with Gasteiger partial charge < -0.3 is 5.32 Å². The molecule has 0 saturated heterocycles. The number of rotatable bonds is 2. The number of carbonyl (C=O) groups excluding carboxylic acids is 1. The number of halogens is 4. The fraction of sp³-hybridized carbons (Fsp3) is 0.0769. The minimum absolute atomic E-state index is 0.118. The molecule has 1 amide bonds. The number of hydrogen-bond acceptors (Lipinski definition) is 2. The van der Waals surface area contributed by atoms with Crippen molar-refractivity contribution >= 4 is 23.2 Å². The molecule has 0 aliphatic rings. The van der Waals surface area contributed by atoms with Gasteiger partial charge in [0, 0.05) is 5.56 Å². The van der Waals surface area contributed by atoms with Crippen molar-refractivity contribution < 1.29 is 18.0 Å². The summed E-state index contributed by atoms with van der Waals surface area (Å²) in [4.78, 5) is 15.6. The third kappa shape index (κ3) is 3.48. The van der Waals surface area contributed by atoms with Crippen LogP contribution in [0.3, 0.4) is 0 Å². The Kier molecular flexibility index (Phi) is 3.94. The highest BCUT2D eigenvalue weighted by molar-refractivity contribution is 6.29. The SMILES string of the molecule is O=C(Nc1ccc(Cl)nc1)c1ccc(C(F)(F)F)cc1. The molecule has 1 N–H and O–H groups in total. The molecule has 2 rings (SSSR count). The van der Waals surface area contributed by atoms with Crippen LogP contribution in [0.2, 0.25) is 5.15 Å². The number of hydrogen-bond donors (Lipinski definition) is 1. The normalized spacial score (nSPS) is 11.2. The maximum atomic E-state index is 12.4. The second-order valence-electron chi connectivity index (χ2n) is 3.90. The molecule has 1 heterocycles. The van der Waals surface area contributed by atoms with Gasteiger partial charge in [-0.1, -0.05) is 11.6 Å². The zero-order valence-corrected chi connectivity index (χ0v) is 10.7. The van der Waals surface area contributed by atoms with Gasteiger partial charge in [0.25, 0.3) is 5.91 Å². The van der Waals surface area contributed by atoms with Crippen molar-refractivity contribution in [3.63, 3.8) is 0 Å². The molecule has 104 valence electrons. The van der Waals surface area contributed by atoms with Crippen molar-refractivity contribution in [2.45, 2.75) is 6.18 Å². The number of alkyl halides is 3. The molecule has 0 fully saturated rings. The van der Waals surface area contributed by atoms with E-state index in [2.05, 4.69) is 10.3 Å². The van der Waals surface area contributed by atoms with Crippen LogP contribution in [0.15, 0.2) is 42.6 Å². The summed E-state index contributed by atoms with van der Waals surface area (Å²) in [6, 6.07) is 6.97. The lowest BCUT2D eigenvalue weighted by Gasteiger charge is -2.08. The zero-order valence-electron chi connectivity index (χ0n) is 9.91. The first-order valence-corrected chi connectivity index (χ1v) is 5.84. The lowest BCUT2D eigenvalue weighted by molar-refractivity contribution is -0.137. The first kappa shape index (κ1) is 14.3. The Hall–Kier alpha value is -2.08. The van der Waals surface area contributed by atoms with E-state index >= 15 is 0 Å². The standard InChI is InChI=1S/C13H8ClF3N2O/c14-11-6-5-10(7-18-11)19-12(20)8-1-3-9(4-2-8)13(15,16)17/h1-7H,(H,19,20). The van der Waals surface area contributed by atoms with Gasteiger partial charge in [-0.2, -0.15) is 13.2 Å². The topological polar surface area (TPSA) is 42.0 Å². The Bertz CT molecular complexity index is 609. The molecule has 0 aliphatic carbocycles. The van der Waals surface area contributed by atoms with Crippen molar-refractivity contribution in [3.05, 3.63) is 58.9 Å². The maximum absolute atomic E-state index is 12.4. The maximum Gasteiger partial charge on any atom is 0.416 e. The second-order valence-corrected chi connectivity index (χ2v) is 4.29. The van der Waals surface area contributed by atoms with E-state index in [1.165, 1.54) is 18.3 Å². The van der Waals surface area contributed by atoms with E-state index in [1.807, 2.05) is 0 Å². The first-order valence-electron chi connectivity index (χ1n) is 5.46. The van der Waals surface area contributed by atoms with E-state index in [0.29, 0.717) is 5.69 Å². The monoisotopic (exact) mass is 300 g/mol.